The van der Waals surface area contributed by atoms with Gasteiger partial charge >= 0.3 is 0 Å². The van der Waals surface area contributed by atoms with Crippen LogP contribution in [0, 0.1) is 11.7 Å². The number of aromatic nitrogens is 2. The molecule has 2 aromatic carbocycles. The predicted molar refractivity (Wildman–Crippen MR) is 150 cm³/mol. The minimum Gasteiger partial charge on any atom is -0.489 e. The summed E-state index contributed by atoms with van der Waals surface area (Å²) in [6.07, 6.45) is 6.30. The Morgan fingerprint density at radius 3 is 2.94 bits per heavy atom. The van der Waals surface area contributed by atoms with Crippen LogP contribution in [0.15, 0.2) is 48.8 Å². The number of fused-ring (bicyclic) bond motifs is 3. The Morgan fingerprint density at radius 1 is 1.20 bits per heavy atom. The fraction of sp³-hybridized carbons (Fsp3) is 0.333. The van der Waals surface area contributed by atoms with Crippen molar-refractivity contribution in [3.05, 3.63) is 76.2 Å². The lowest BCUT2D eigenvalue weighted by atomic mass is 9.86. The molecule has 1 aliphatic carbocycles. The summed E-state index contributed by atoms with van der Waals surface area (Å²) >= 11 is 4.16. The molecule has 0 saturated carbocycles. The minimum atomic E-state index is -0.250. The highest BCUT2D eigenvalue weighted by Gasteiger charge is 2.25. The van der Waals surface area contributed by atoms with Crippen molar-refractivity contribution in [3.63, 3.8) is 0 Å². The van der Waals surface area contributed by atoms with E-state index in [-0.39, 0.29) is 5.82 Å². The molecule has 0 radical (unpaired) electrons. The zero-order valence-electron chi connectivity index (χ0n) is 19.6. The molecule has 182 valence electrons. The third-order valence-electron chi connectivity index (χ3n) is 6.50. The molecular formula is C27H28FIN4OS. The van der Waals surface area contributed by atoms with Gasteiger partial charge in [-0.1, -0.05) is 34.7 Å². The van der Waals surface area contributed by atoms with Crippen molar-refractivity contribution in [2.24, 2.45) is 5.92 Å². The number of nitrogens with one attached hydrogen (secondary N) is 2. The van der Waals surface area contributed by atoms with Crippen LogP contribution < -0.4 is 15.4 Å². The first-order valence-corrected chi connectivity index (χ1v) is 14.2. The second-order valence-electron chi connectivity index (χ2n) is 8.91. The first kappa shape index (κ1) is 24.4. The number of ether oxygens (including phenoxy) is 1. The second kappa shape index (κ2) is 11.2. The standard InChI is InChI=1S/C27H28FIN4OS/c1-30-10-9-17-5-7-22-24(12-17)35-27-25(22)26(31-16-32-27)33-21-6-8-23(19(13-21)14-29)34-15-18-3-2-4-20(28)11-18/h2-4,6,8,11,13,16-17,30H,5,7,9-10,12,14-15H2,1H3,(H,31,32,33). The van der Waals surface area contributed by atoms with Gasteiger partial charge < -0.3 is 15.4 Å². The molecule has 1 aliphatic rings. The van der Waals surface area contributed by atoms with Crippen molar-refractivity contribution < 1.29 is 9.13 Å². The van der Waals surface area contributed by atoms with Crippen LogP contribution in [0.5, 0.6) is 5.75 Å². The van der Waals surface area contributed by atoms with Gasteiger partial charge in [-0.15, -0.1) is 11.3 Å². The Kier molecular flexibility index (Phi) is 7.79. The van der Waals surface area contributed by atoms with Gasteiger partial charge in [0.2, 0.25) is 0 Å². The monoisotopic (exact) mass is 602 g/mol. The maximum atomic E-state index is 13.5. The Morgan fingerprint density at radius 2 is 2.11 bits per heavy atom. The molecule has 0 fully saturated rings. The largest absolute Gasteiger partial charge is 0.489 e. The Balaban J connectivity index is 1.35. The van der Waals surface area contributed by atoms with Gasteiger partial charge in [0, 0.05) is 20.6 Å². The number of rotatable bonds is 9. The normalized spacial score (nSPS) is 15.2. The van der Waals surface area contributed by atoms with Crippen molar-refractivity contribution in [3.8, 4) is 5.75 Å². The van der Waals surface area contributed by atoms with E-state index in [9.17, 15) is 4.39 Å². The number of benzene rings is 2. The van der Waals surface area contributed by atoms with E-state index >= 15 is 0 Å². The lowest BCUT2D eigenvalue weighted by Gasteiger charge is -2.22. The van der Waals surface area contributed by atoms with Gasteiger partial charge in [-0.25, -0.2) is 14.4 Å². The summed E-state index contributed by atoms with van der Waals surface area (Å²) in [7, 11) is 2.02. The van der Waals surface area contributed by atoms with E-state index < -0.39 is 0 Å². The quantitative estimate of drug-likeness (QED) is 0.163. The summed E-state index contributed by atoms with van der Waals surface area (Å²) in [5, 5.41) is 8.00. The zero-order valence-corrected chi connectivity index (χ0v) is 22.6. The van der Waals surface area contributed by atoms with E-state index in [0.717, 1.165) is 62.9 Å². The highest BCUT2D eigenvalue weighted by molar-refractivity contribution is 14.1. The molecular weight excluding hydrogens is 574 g/mol. The van der Waals surface area contributed by atoms with Crippen molar-refractivity contribution in [1.29, 1.82) is 0 Å². The molecule has 0 saturated heterocycles. The molecule has 8 heteroatoms. The van der Waals surface area contributed by atoms with Gasteiger partial charge in [-0.3, -0.25) is 0 Å². The van der Waals surface area contributed by atoms with Gasteiger partial charge in [-0.2, -0.15) is 0 Å². The van der Waals surface area contributed by atoms with Gasteiger partial charge in [0.25, 0.3) is 0 Å². The zero-order chi connectivity index (χ0) is 24.2. The van der Waals surface area contributed by atoms with Gasteiger partial charge in [0.1, 0.15) is 35.1 Å². The van der Waals surface area contributed by atoms with Crippen molar-refractivity contribution in [2.45, 2.75) is 36.7 Å². The van der Waals surface area contributed by atoms with Crippen LogP contribution in [-0.2, 0) is 23.9 Å². The van der Waals surface area contributed by atoms with E-state index in [4.69, 9.17) is 4.74 Å². The smallest absolute Gasteiger partial charge is 0.142 e. The molecule has 0 spiro atoms. The highest BCUT2D eigenvalue weighted by atomic mass is 127. The topological polar surface area (TPSA) is 59.1 Å². The number of hydrogen-bond acceptors (Lipinski definition) is 6. The number of thiophene rings is 1. The molecule has 1 unspecified atom stereocenters. The van der Waals surface area contributed by atoms with Crippen LogP contribution in [0.25, 0.3) is 10.2 Å². The fourth-order valence-electron chi connectivity index (χ4n) is 4.70. The summed E-state index contributed by atoms with van der Waals surface area (Å²) in [6.45, 7) is 1.40. The summed E-state index contributed by atoms with van der Waals surface area (Å²) in [5.41, 5.74) is 4.28. The molecule has 5 nitrogen and oxygen atoms in total. The molecule has 1 atom stereocenters. The second-order valence-corrected chi connectivity index (χ2v) is 10.8. The molecule has 2 N–H and O–H groups in total. The number of halogens is 2. The van der Waals surface area contributed by atoms with Crippen molar-refractivity contribution in [1.82, 2.24) is 15.3 Å². The van der Waals surface area contributed by atoms with Crippen LogP contribution >= 0.6 is 33.9 Å². The average Bonchev–Trinajstić information content (AvgIpc) is 3.25. The van der Waals surface area contributed by atoms with Crippen LogP contribution in [-0.4, -0.2) is 23.6 Å². The van der Waals surface area contributed by atoms with E-state index in [1.807, 2.05) is 36.6 Å². The molecule has 0 amide bonds. The van der Waals surface area contributed by atoms with E-state index in [1.165, 1.54) is 40.8 Å². The first-order chi connectivity index (χ1) is 17.1. The summed E-state index contributed by atoms with van der Waals surface area (Å²) in [4.78, 5) is 11.7. The van der Waals surface area contributed by atoms with Crippen LogP contribution in [0.2, 0.25) is 0 Å². The van der Waals surface area contributed by atoms with E-state index in [0.29, 0.717) is 6.61 Å². The summed E-state index contributed by atoms with van der Waals surface area (Å²) in [6, 6.07) is 12.6. The molecule has 2 aromatic heterocycles. The number of alkyl halides is 1. The van der Waals surface area contributed by atoms with Gasteiger partial charge in [0.05, 0.1) is 5.39 Å². The SMILES string of the molecule is CNCCC1CCc2c(sc3ncnc(Nc4ccc(OCc5cccc(F)c5)c(CI)c4)c23)C1. The Labute approximate surface area is 222 Å². The van der Waals surface area contributed by atoms with Crippen molar-refractivity contribution in [2.75, 3.05) is 18.9 Å². The molecule has 5 rings (SSSR count). The third kappa shape index (κ3) is 5.59. The average molecular weight is 603 g/mol. The third-order valence-corrected chi connectivity index (χ3v) is 8.48. The van der Waals surface area contributed by atoms with Crippen LogP contribution in [0.4, 0.5) is 15.9 Å². The lowest BCUT2D eigenvalue weighted by molar-refractivity contribution is 0.303. The number of aryl methyl sites for hydroxylation is 1. The summed E-state index contributed by atoms with van der Waals surface area (Å²) in [5.74, 6) is 2.16. The minimum absolute atomic E-state index is 0.250. The molecule has 0 bridgehead atoms. The Bertz CT molecular complexity index is 1330. The molecule has 0 aliphatic heterocycles. The fourth-order valence-corrected chi connectivity index (χ4v) is 6.59. The maximum absolute atomic E-state index is 13.5. The predicted octanol–water partition coefficient (Wildman–Crippen LogP) is 6.80. The summed E-state index contributed by atoms with van der Waals surface area (Å²) < 4.78 is 20.3. The number of nitrogens with zero attached hydrogens (tertiary/aromatic N) is 2. The Hall–Kier alpha value is -2.30. The van der Waals surface area contributed by atoms with E-state index in [1.54, 1.807) is 12.4 Å². The highest BCUT2D eigenvalue weighted by Crippen LogP contribution is 2.41. The lowest BCUT2D eigenvalue weighted by Crippen LogP contribution is -2.18. The number of hydrogen-bond donors (Lipinski definition) is 2. The van der Waals surface area contributed by atoms with E-state index in [2.05, 4.69) is 49.3 Å². The molecule has 4 aromatic rings. The van der Waals surface area contributed by atoms with Crippen LogP contribution in [0.1, 0.15) is 34.4 Å². The number of anilines is 2. The van der Waals surface area contributed by atoms with Gasteiger partial charge in [-0.05, 0) is 86.7 Å². The maximum Gasteiger partial charge on any atom is 0.142 e. The van der Waals surface area contributed by atoms with Gasteiger partial charge in [0.15, 0.2) is 0 Å². The first-order valence-electron chi connectivity index (χ1n) is 11.9. The molecule has 35 heavy (non-hydrogen) atoms. The van der Waals surface area contributed by atoms with Crippen molar-refractivity contribution >= 4 is 55.6 Å². The molecule has 2 heterocycles. The van der Waals surface area contributed by atoms with Crippen LogP contribution in [0.3, 0.4) is 0 Å².